The lowest BCUT2D eigenvalue weighted by Crippen LogP contribution is -2.46. The Labute approximate surface area is 327 Å². The number of carbonyl (C=O) groups is 5. The van der Waals surface area contributed by atoms with Gasteiger partial charge >= 0.3 is 11.8 Å². The highest BCUT2D eigenvalue weighted by molar-refractivity contribution is 6.32. The van der Waals surface area contributed by atoms with Gasteiger partial charge in [0.1, 0.15) is 29.0 Å². The summed E-state index contributed by atoms with van der Waals surface area (Å²) in [4.78, 5) is 71.2. The zero-order valence-electron chi connectivity index (χ0n) is 33.5. The number of amides is 1. The number of carbonyl (C=O) groups excluding carboxylic acids is 5. The molecule has 1 aromatic rings. The van der Waals surface area contributed by atoms with Gasteiger partial charge in [-0.05, 0) is 39.2 Å². The van der Waals surface area contributed by atoms with Crippen molar-refractivity contribution < 1.29 is 58.2 Å². The SMILES string of the molecule is CO[C@H]1/C=C/O[C@@]2(C)Oc3c(C)c(O)c4c(c3C2=O)C(=O)C(N2CCCCC2)=C(NC(=O)/C(C)=C\C=C\[C@H](C)[C@H](O)[C@@H](C)[C@H](O)[C@H](C)[C@H](OC(C)=O)[C@@H]1C)C4=O. The number of esters is 1. The van der Waals surface area contributed by atoms with E-state index in [-0.39, 0.29) is 39.4 Å². The fourth-order valence-corrected chi connectivity index (χ4v) is 8.10. The number of phenols is 1. The molecule has 4 heterocycles. The van der Waals surface area contributed by atoms with Crippen molar-refractivity contribution in [1.29, 1.82) is 0 Å². The minimum Gasteiger partial charge on any atom is -0.507 e. The molecule has 1 aliphatic carbocycles. The van der Waals surface area contributed by atoms with Gasteiger partial charge in [0, 0.05) is 68.9 Å². The van der Waals surface area contributed by atoms with E-state index < -0.39 is 94.4 Å². The van der Waals surface area contributed by atoms with Crippen LogP contribution in [0.1, 0.15) is 104 Å². The van der Waals surface area contributed by atoms with Crippen molar-refractivity contribution in [1.82, 2.24) is 10.2 Å². The lowest BCUT2D eigenvalue weighted by atomic mass is 9.78. The van der Waals surface area contributed by atoms with Gasteiger partial charge < -0.3 is 44.5 Å². The first-order valence-electron chi connectivity index (χ1n) is 19.1. The molecule has 0 saturated carbocycles. The molecule has 4 aliphatic heterocycles. The summed E-state index contributed by atoms with van der Waals surface area (Å²) < 4.78 is 23.5. The number of ketones is 3. The second kappa shape index (κ2) is 16.7. The maximum atomic E-state index is 14.7. The highest BCUT2D eigenvalue weighted by Crippen LogP contribution is 2.49. The number of benzene rings is 1. The molecule has 0 unspecified atom stereocenters. The molecular weight excluding hydrogens is 724 g/mol. The average Bonchev–Trinajstić information content (AvgIpc) is 3.43. The molecule has 304 valence electrons. The van der Waals surface area contributed by atoms with E-state index in [2.05, 4.69) is 5.32 Å². The summed E-state index contributed by atoms with van der Waals surface area (Å²) in [6.45, 7) is 13.3. The van der Waals surface area contributed by atoms with Crippen LogP contribution in [0.2, 0.25) is 0 Å². The summed E-state index contributed by atoms with van der Waals surface area (Å²) >= 11 is 0. The predicted molar refractivity (Wildman–Crippen MR) is 204 cm³/mol. The number of hydrogen-bond acceptors (Lipinski definition) is 13. The second-order valence-electron chi connectivity index (χ2n) is 15.6. The lowest BCUT2D eigenvalue weighted by Gasteiger charge is -2.38. The van der Waals surface area contributed by atoms with Crippen molar-refractivity contribution in [3.8, 4) is 11.5 Å². The van der Waals surface area contributed by atoms with Crippen molar-refractivity contribution in [3.05, 3.63) is 69.8 Å². The number of Topliss-reactive ketones (excluding diaryl/α,β-unsaturated/α-hetero) is 3. The van der Waals surface area contributed by atoms with Gasteiger partial charge in [-0.2, -0.15) is 0 Å². The second-order valence-corrected chi connectivity index (χ2v) is 15.6. The topological polar surface area (TPSA) is 198 Å². The summed E-state index contributed by atoms with van der Waals surface area (Å²) in [6, 6.07) is 0. The number of fused-ring (bicyclic) bond motifs is 14. The summed E-state index contributed by atoms with van der Waals surface area (Å²) in [7, 11) is 1.43. The number of phenolic OH excluding ortho intramolecular Hbond substituents is 1. The molecule has 5 bridgehead atoms. The zero-order valence-corrected chi connectivity index (χ0v) is 33.5. The molecule has 1 fully saturated rings. The van der Waals surface area contributed by atoms with E-state index in [1.54, 1.807) is 44.7 Å². The third kappa shape index (κ3) is 7.78. The van der Waals surface area contributed by atoms with Crippen molar-refractivity contribution in [2.24, 2.45) is 23.7 Å². The standard InChI is InChI=1S/C42H54N2O12/c1-20-14-13-15-21(2)41(52)43-31-32(44-17-11-10-12-18-44)37(50)28-29(36(31)49)35(48)25(6)39-30(28)40(51)42(8,56-39)54-19-16-27(53-9)22(3)38(55-26(7)45)24(5)34(47)23(4)33(20)46/h13-16,19-20,22-24,27,33-34,38,46-48H,10-12,17-18H2,1-9H3,(H,43,52)/b14-13+,19-16+,21-15-/t20-,22+,23+,24-,27-,33-,34-,38+,42-/m0/s1. The third-order valence-corrected chi connectivity index (χ3v) is 11.6. The number of aliphatic hydroxyl groups excluding tert-OH is 2. The first-order chi connectivity index (χ1) is 26.4. The van der Waals surface area contributed by atoms with E-state index in [0.29, 0.717) is 13.1 Å². The lowest BCUT2D eigenvalue weighted by molar-refractivity contribution is -0.160. The number of aliphatic hydroxyl groups is 2. The Bertz CT molecular complexity index is 1910. The molecular formula is C42H54N2O12. The molecule has 1 saturated heterocycles. The maximum Gasteiger partial charge on any atom is 0.312 e. The van der Waals surface area contributed by atoms with Crippen LogP contribution in [0.25, 0.3) is 0 Å². The van der Waals surface area contributed by atoms with Crippen LogP contribution in [-0.4, -0.2) is 99.8 Å². The molecule has 1 amide bonds. The Balaban J connectivity index is 1.67. The first kappa shape index (κ1) is 42.4. The van der Waals surface area contributed by atoms with Gasteiger partial charge in [-0.25, -0.2) is 0 Å². The van der Waals surface area contributed by atoms with Gasteiger partial charge in [0.2, 0.25) is 11.6 Å². The largest absolute Gasteiger partial charge is 0.507 e. The van der Waals surface area contributed by atoms with E-state index in [1.807, 2.05) is 0 Å². The minimum atomic E-state index is -2.05. The number of nitrogens with zero attached hydrogens (tertiary/aromatic N) is 1. The molecule has 9 atom stereocenters. The van der Waals surface area contributed by atoms with Crippen LogP contribution in [0.4, 0.5) is 0 Å². The highest BCUT2D eigenvalue weighted by Gasteiger charge is 2.53. The van der Waals surface area contributed by atoms with Gasteiger partial charge in [-0.1, -0.05) is 45.9 Å². The molecule has 14 heteroatoms. The number of likely N-dealkylation sites (tertiary alicyclic amines) is 1. The highest BCUT2D eigenvalue weighted by atomic mass is 16.7. The Morgan fingerprint density at radius 3 is 2.20 bits per heavy atom. The van der Waals surface area contributed by atoms with E-state index >= 15 is 0 Å². The number of aromatic hydroxyl groups is 1. The summed E-state index contributed by atoms with van der Waals surface area (Å²) in [5.74, 6) is -8.83. The Kier molecular flexibility index (Phi) is 12.7. The van der Waals surface area contributed by atoms with Crippen molar-refractivity contribution >= 4 is 29.2 Å². The van der Waals surface area contributed by atoms with Crippen LogP contribution in [0, 0.1) is 30.6 Å². The smallest absolute Gasteiger partial charge is 0.312 e. The number of nitrogens with one attached hydrogen (secondary N) is 1. The molecule has 0 aromatic heterocycles. The molecule has 1 aromatic carbocycles. The number of hydrogen-bond donors (Lipinski definition) is 4. The fourth-order valence-electron chi connectivity index (χ4n) is 8.10. The number of piperidine rings is 1. The fraction of sp³-hybridized carbons (Fsp3) is 0.548. The molecule has 14 nitrogen and oxygen atoms in total. The Morgan fingerprint density at radius 1 is 0.911 bits per heavy atom. The van der Waals surface area contributed by atoms with Crippen LogP contribution >= 0.6 is 0 Å². The first-order valence-corrected chi connectivity index (χ1v) is 19.1. The quantitative estimate of drug-likeness (QED) is 0.315. The van der Waals surface area contributed by atoms with Gasteiger partial charge in [0.25, 0.3) is 11.7 Å². The minimum absolute atomic E-state index is 0.0223. The van der Waals surface area contributed by atoms with Crippen molar-refractivity contribution in [2.75, 3.05) is 20.2 Å². The van der Waals surface area contributed by atoms with E-state index in [0.717, 1.165) is 19.3 Å². The van der Waals surface area contributed by atoms with Crippen LogP contribution in [0.5, 0.6) is 11.5 Å². The Morgan fingerprint density at radius 2 is 1.57 bits per heavy atom. The number of allylic oxidation sites excluding steroid dienone is 4. The van der Waals surface area contributed by atoms with Crippen LogP contribution in [0.3, 0.4) is 0 Å². The molecule has 0 radical (unpaired) electrons. The van der Waals surface area contributed by atoms with E-state index in [4.69, 9.17) is 18.9 Å². The molecule has 56 heavy (non-hydrogen) atoms. The number of ether oxygens (including phenoxy) is 4. The maximum absolute atomic E-state index is 14.7. The van der Waals surface area contributed by atoms with E-state index in [9.17, 15) is 39.3 Å². The average molecular weight is 779 g/mol. The van der Waals surface area contributed by atoms with Gasteiger partial charge in [-0.15, -0.1) is 0 Å². The summed E-state index contributed by atoms with van der Waals surface area (Å²) in [5.41, 5.74) is -1.18. The van der Waals surface area contributed by atoms with Crippen molar-refractivity contribution in [2.45, 2.75) is 105 Å². The van der Waals surface area contributed by atoms with Gasteiger partial charge in [0.15, 0.2) is 0 Å². The summed E-state index contributed by atoms with van der Waals surface area (Å²) in [6.07, 6.45) is 5.90. The van der Waals surface area contributed by atoms with Gasteiger partial charge in [-0.3, -0.25) is 24.0 Å². The molecule has 0 spiro atoms. The molecule has 6 rings (SSSR count). The van der Waals surface area contributed by atoms with E-state index in [1.165, 1.54) is 53.2 Å². The number of rotatable bonds is 3. The van der Waals surface area contributed by atoms with Crippen LogP contribution in [0.15, 0.2) is 47.5 Å². The van der Waals surface area contributed by atoms with Crippen molar-refractivity contribution in [3.63, 3.8) is 0 Å². The summed E-state index contributed by atoms with van der Waals surface area (Å²) in [5, 5.41) is 36.9. The third-order valence-electron chi connectivity index (χ3n) is 11.6. The Hall–Kier alpha value is -4.79. The van der Waals surface area contributed by atoms with Crippen LogP contribution in [-0.2, 0) is 23.8 Å². The van der Waals surface area contributed by atoms with Crippen LogP contribution < -0.4 is 10.1 Å². The normalized spacial score (nSPS) is 33.9. The zero-order chi connectivity index (χ0) is 41.4. The monoisotopic (exact) mass is 778 g/mol. The number of methoxy groups -OCH3 is 1. The van der Waals surface area contributed by atoms with Gasteiger partial charge in [0.05, 0.1) is 41.3 Å². The molecule has 4 N–H and O–H groups in total. The predicted octanol–water partition coefficient (Wildman–Crippen LogP) is 4.44. The molecule has 5 aliphatic rings.